The third-order valence-corrected chi connectivity index (χ3v) is 5.01. The summed E-state index contributed by atoms with van der Waals surface area (Å²) in [4.78, 5) is 19.5. The first-order valence-corrected chi connectivity index (χ1v) is 9.33. The second kappa shape index (κ2) is 10.4. The van der Waals surface area contributed by atoms with Crippen molar-refractivity contribution in [2.45, 2.75) is 19.4 Å². The molecule has 1 amide bonds. The van der Waals surface area contributed by atoms with Crippen LogP contribution < -0.4 is 5.32 Å². The van der Waals surface area contributed by atoms with E-state index in [-0.39, 0.29) is 36.8 Å². The van der Waals surface area contributed by atoms with Gasteiger partial charge in [-0.2, -0.15) is 5.10 Å². The molecule has 8 heteroatoms. The van der Waals surface area contributed by atoms with E-state index in [0.717, 1.165) is 30.8 Å². The zero-order valence-corrected chi connectivity index (χ0v) is 17.8. The van der Waals surface area contributed by atoms with Crippen molar-refractivity contribution < 1.29 is 4.79 Å². The van der Waals surface area contributed by atoms with Crippen molar-refractivity contribution in [2.24, 2.45) is 0 Å². The molecule has 0 radical (unpaired) electrons. The third kappa shape index (κ3) is 4.96. The SMILES string of the molecule is CCc1ccc(C2CNCCN2C(=O)c2cc(-n3cccn3)ccn2)cc1.Cl.Cl. The Balaban J connectivity index is 0.00000150. The van der Waals surface area contributed by atoms with Crippen LogP contribution in [0.15, 0.2) is 61.1 Å². The maximum atomic E-state index is 13.2. The van der Waals surface area contributed by atoms with Gasteiger partial charge in [-0.1, -0.05) is 31.2 Å². The smallest absolute Gasteiger partial charge is 0.273 e. The largest absolute Gasteiger partial charge is 0.328 e. The summed E-state index contributed by atoms with van der Waals surface area (Å²) >= 11 is 0. The minimum absolute atomic E-state index is 0. The Morgan fingerprint density at radius 2 is 1.97 bits per heavy atom. The molecule has 1 unspecified atom stereocenters. The lowest BCUT2D eigenvalue weighted by molar-refractivity contribution is 0.0628. The molecule has 0 saturated carbocycles. The van der Waals surface area contributed by atoms with Gasteiger partial charge in [-0.25, -0.2) is 4.68 Å². The highest BCUT2D eigenvalue weighted by molar-refractivity contribution is 5.93. The number of halogens is 2. The number of carbonyl (C=O) groups is 1. The Morgan fingerprint density at radius 1 is 1.17 bits per heavy atom. The predicted molar refractivity (Wildman–Crippen MR) is 118 cm³/mol. The Bertz CT molecular complexity index is 915. The van der Waals surface area contributed by atoms with Crippen LogP contribution in [0.4, 0.5) is 0 Å². The Hall–Kier alpha value is -2.41. The Morgan fingerprint density at radius 3 is 2.66 bits per heavy atom. The van der Waals surface area contributed by atoms with Crippen LogP contribution in [0.3, 0.4) is 0 Å². The number of hydrogen-bond donors (Lipinski definition) is 1. The number of aromatic nitrogens is 3. The fourth-order valence-electron chi connectivity index (χ4n) is 3.47. The molecule has 4 rings (SSSR count). The van der Waals surface area contributed by atoms with Crippen LogP contribution in [0.25, 0.3) is 5.69 Å². The monoisotopic (exact) mass is 433 g/mol. The lowest BCUT2D eigenvalue weighted by Gasteiger charge is -2.36. The number of hydrogen-bond acceptors (Lipinski definition) is 4. The molecule has 3 aromatic rings. The standard InChI is InChI=1S/C21H23N5O.2ClH/c1-2-16-4-6-17(7-5-16)20-15-22-11-13-25(20)21(27)19-14-18(8-10-23-19)26-12-3-9-24-26;;/h3-10,12,14,20,22H,2,11,13,15H2,1H3;2*1H. The second-order valence-electron chi connectivity index (χ2n) is 6.66. The zero-order chi connectivity index (χ0) is 18.6. The summed E-state index contributed by atoms with van der Waals surface area (Å²) in [7, 11) is 0. The van der Waals surface area contributed by atoms with Gasteiger partial charge in [-0.3, -0.25) is 9.78 Å². The minimum atomic E-state index is -0.0462. The van der Waals surface area contributed by atoms with Crippen LogP contribution in [0.1, 0.15) is 34.6 Å². The van der Waals surface area contributed by atoms with Gasteiger partial charge >= 0.3 is 0 Å². The average Bonchev–Trinajstić information content (AvgIpc) is 3.28. The van der Waals surface area contributed by atoms with Gasteiger partial charge in [-0.05, 0) is 35.7 Å². The topological polar surface area (TPSA) is 63.1 Å². The summed E-state index contributed by atoms with van der Waals surface area (Å²) in [6.45, 7) is 4.34. The number of pyridine rings is 1. The summed E-state index contributed by atoms with van der Waals surface area (Å²) in [6, 6.07) is 14.1. The molecule has 1 fully saturated rings. The molecule has 1 aliphatic heterocycles. The van der Waals surface area contributed by atoms with E-state index in [9.17, 15) is 4.79 Å². The van der Waals surface area contributed by atoms with Gasteiger partial charge in [0, 0.05) is 38.2 Å². The van der Waals surface area contributed by atoms with E-state index < -0.39 is 0 Å². The highest BCUT2D eigenvalue weighted by atomic mass is 35.5. The van der Waals surface area contributed by atoms with Crippen LogP contribution in [0, 0.1) is 0 Å². The zero-order valence-electron chi connectivity index (χ0n) is 16.2. The van der Waals surface area contributed by atoms with Crippen molar-refractivity contribution in [3.63, 3.8) is 0 Å². The van der Waals surface area contributed by atoms with Crippen LogP contribution in [0.5, 0.6) is 0 Å². The number of piperazine rings is 1. The van der Waals surface area contributed by atoms with E-state index in [1.807, 2.05) is 23.2 Å². The quantitative estimate of drug-likeness (QED) is 0.683. The van der Waals surface area contributed by atoms with Crippen LogP contribution in [-0.2, 0) is 6.42 Å². The lowest BCUT2D eigenvalue weighted by atomic mass is 10.0. The highest BCUT2D eigenvalue weighted by Gasteiger charge is 2.29. The molecule has 1 aromatic carbocycles. The van der Waals surface area contributed by atoms with E-state index >= 15 is 0 Å². The van der Waals surface area contributed by atoms with Crippen molar-refractivity contribution in [3.05, 3.63) is 77.9 Å². The summed E-state index contributed by atoms with van der Waals surface area (Å²) in [5.41, 5.74) is 3.72. The average molecular weight is 434 g/mol. The molecular weight excluding hydrogens is 409 g/mol. The maximum absolute atomic E-state index is 13.2. The van der Waals surface area contributed by atoms with Crippen molar-refractivity contribution in [2.75, 3.05) is 19.6 Å². The first-order chi connectivity index (χ1) is 13.3. The molecule has 1 saturated heterocycles. The molecule has 6 nitrogen and oxygen atoms in total. The summed E-state index contributed by atoms with van der Waals surface area (Å²) in [6.07, 6.45) is 6.24. The highest BCUT2D eigenvalue weighted by Crippen LogP contribution is 2.24. The molecule has 29 heavy (non-hydrogen) atoms. The fraction of sp³-hybridized carbons (Fsp3) is 0.286. The molecule has 3 heterocycles. The summed E-state index contributed by atoms with van der Waals surface area (Å²) < 4.78 is 1.73. The molecule has 1 aliphatic rings. The molecule has 1 atom stereocenters. The Kier molecular flexibility index (Phi) is 8.20. The van der Waals surface area contributed by atoms with Gasteiger partial charge in [-0.15, -0.1) is 24.8 Å². The molecule has 1 N–H and O–H groups in total. The first kappa shape index (κ1) is 22.9. The first-order valence-electron chi connectivity index (χ1n) is 9.33. The molecule has 0 spiro atoms. The maximum Gasteiger partial charge on any atom is 0.273 e. The van der Waals surface area contributed by atoms with Gasteiger partial charge < -0.3 is 10.2 Å². The van der Waals surface area contributed by atoms with Crippen molar-refractivity contribution >= 4 is 30.7 Å². The van der Waals surface area contributed by atoms with E-state index in [0.29, 0.717) is 12.2 Å². The van der Waals surface area contributed by atoms with Crippen LogP contribution >= 0.6 is 24.8 Å². The summed E-state index contributed by atoms with van der Waals surface area (Å²) in [5.74, 6) is -0.0462. The van der Waals surface area contributed by atoms with Crippen molar-refractivity contribution in [1.29, 1.82) is 0 Å². The van der Waals surface area contributed by atoms with Gasteiger partial charge in [0.25, 0.3) is 5.91 Å². The lowest BCUT2D eigenvalue weighted by Crippen LogP contribution is -2.48. The number of benzene rings is 1. The number of amides is 1. The van der Waals surface area contributed by atoms with E-state index in [1.165, 1.54) is 5.56 Å². The number of rotatable bonds is 4. The van der Waals surface area contributed by atoms with Crippen molar-refractivity contribution in [1.82, 2.24) is 25.0 Å². The number of nitrogens with one attached hydrogen (secondary N) is 1. The van der Waals surface area contributed by atoms with E-state index in [4.69, 9.17) is 0 Å². The van der Waals surface area contributed by atoms with Gasteiger partial charge in [0.2, 0.25) is 0 Å². The predicted octanol–water partition coefficient (Wildman–Crippen LogP) is 3.46. The third-order valence-electron chi connectivity index (χ3n) is 5.01. The second-order valence-corrected chi connectivity index (χ2v) is 6.66. The molecular formula is C21H25Cl2N5O. The van der Waals surface area contributed by atoms with Gasteiger partial charge in [0.15, 0.2) is 0 Å². The van der Waals surface area contributed by atoms with Gasteiger partial charge in [0.05, 0.1) is 11.7 Å². The molecule has 0 bridgehead atoms. The summed E-state index contributed by atoms with van der Waals surface area (Å²) in [5, 5.41) is 7.64. The van der Waals surface area contributed by atoms with Crippen LogP contribution in [0.2, 0.25) is 0 Å². The normalized spacial score (nSPS) is 15.9. The van der Waals surface area contributed by atoms with E-state index in [1.54, 1.807) is 23.1 Å². The van der Waals surface area contributed by atoms with Gasteiger partial charge in [0.1, 0.15) is 5.69 Å². The fourth-order valence-corrected chi connectivity index (χ4v) is 3.47. The minimum Gasteiger partial charge on any atom is -0.328 e. The van der Waals surface area contributed by atoms with Crippen LogP contribution in [-0.4, -0.2) is 45.2 Å². The van der Waals surface area contributed by atoms with Crippen molar-refractivity contribution in [3.8, 4) is 5.69 Å². The number of carbonyl (C=O) groups excluding carboxylic acids is 1. The Labute approximate surface area is 183 Å². The molecule has 0 aliphatic carbocycles. The van der Waals surface area contributed by atoms with E-state index in [2.05, 4.69) is 46.6 Å². The molecule has 154 valence electrons. The number of aryl methyl sites for hydroxylation is 1. The number of nitrogens with zero attached hydrogens (tertiary/aromatic N) is 4. The molecule has 2 aromatic heterocycles.